The molecule has 0 fully saturated rings. The Labute approximate surface area is 118 Å². The fourth-order valence-corrected chi connectivity index (χ4v) is 2.18. The molecule has 0 radical (unpaired) electrons. The third kappa shape index (κ3) is 3.23. The lowest BCUT2D eigenvalue weighted by Crippen LogP contribution is -2.27. The van der Waals surface area contributed by atoms with Crippen LogP contribution in [0.4, 0.5) is 4.39 Å². The number of hydrogen-bond acceptors (Lipinski definition) is 1. The number of carbonyl (C=O) groups excluding carboxylic acids is 1. The van der Waals surface area contributed by atoms with E-state index in [1.54, 1.807) is 12.1 Å². The first-order valence-electron chi connectivity index (χ1n) is 6.61. The van der Waals surface area contributed by atoms with E-state index in [1.807, 2.05) is 39.0 Å². The standard InChI is InChI=1S/C17H18FNO/c1-11-4-9-16(12(2)10-11)17(20)19-13(3)14-5-7-15(18)8-6-14/h4-10,13H,1-3H3,(H,19,20)/t13-/m0/s1. The van der Waals surface area contributed by atoms with E-state index in [4.69, 9.17) is 0 Å². The molecule has 2 nitrogen and oxygen atoms in total. The van der Waals surface area contributed by atoms with Gasteiger partial charge in [0.2, 0.25) is 0 Å². The van der Waals surface area contributed by atoms with Crippen LogP contribution in [0.3, 0.4) is 0 Å². The number of rotatable bonds is 3. The maximum absolute atomic E-state index is 12.9. The average molecular weight is 271 g/mol. The third-order valence-corrected chi connectivity index (χ3v) is 3.34. The lowest BCUT2D eigenvalue weighted by molar-refractivity contribution is 0.0939. The van der Waals surface area contributed by atoms with Crippen molar-refractivity contribution in [1.29, 1.82) is 0 Å². The van der Waals surface area contributed by atoms with Gasteiger partial charge in [-0.25, -0.2) is 4.39 Å². The molecule has 20 heavy (non-hydrogen) atoms. The highest BCUT2D eigenvalue weighted by atomic mass is 19.1. The van der Waals surface area contributed by atoms with Crippen molar-refractivity contribution in [3.05, 3.63) is 70.5 Å². The first-order valence-corrected chi connectivity index (χ1v) is 6.61. The minimum absolute atomic E-state index is 0.112. The molecule has 2 aromatic carbocycles. The van der Waals surface area contributed by atoms with E-state index >= 15 is 0 Å². The van der Waals surface area contributed by atoms with Crippen molar-refractivity contribution in [3.63, 3.8) is 0 Å². The molecule has 1 N–H and O–H groups in total. The van der Waals surface area contributed by atoms with Crippen molar-refractivity contribution in [3.8, 4) is 0 Å². The monoisotopic (exact) mass is 271 g/mol. The molecule has 1 atom stereocenters. The SMILES string of the molecule is Cc1ccc(C(=O)N[C@@H](C)c2ccc(F)cc2)c(C)c1. The van der Waals surface area contributed by atoms with Crippen molar-refractivity contribution < 1.29 is 9.18 Å². The number of carbonyl (C=O) groups is 1. The van der Waals surface area contributed by atoms with Gasteiger partial charge in [-0.05, 0) is 50.1 Å². The predicted molar refractivity (Wildman–Crippen MR) is 78.2 cm³/mol. The van der Waals surface area contributed by atoms with Crippen molar-refractivity contribution in [2.24, 2.45) is 0 Å². The first-order chi connectivity index (χ1) is 9.47. The lowest BCUT2D eigenvalue weighted by atomic mass is 10.0. The Morgan fingerprint density at radius 1 is 1.10 bits per heavy atom. The smallest absolute Gasteiger partial charge is 0.252 e. The van der Waals surface area contributed by atoms with Crippen LogP contribution in [0.25, 0.3) is 0 Å². The minimum Gasteiger partial charge on any atom is -0.346 e. The molecule has 0 saturated heterocycles. The Bertz CT molecular complexity index is 619. The molecule has 0 aliphatic carbocycles. The van der Waals surface area contributed by atoms with E-state index in [1.165, 1.54) is 12.1 Å². The first kappa shape index (κ1) is 14.3. The topological polar surface area (TPSA) is 29.1 Å². The number of halogens is 1. The van der Waals surface area contributed by atoms with Crippen LogP contribution in [0, 0.1) is 19.7 Å². The van der Waals surface area contributed by atoms with Crippen LogP contribution >= 0.6 is 0 Å². The normalized spacial score (nSPS) is 12.0. The van der Waals surface area contributed by atoms with Gasteiger partial charge in [-0.15, -0.1) is 0 Å². The van der Waals surface area contributed by atoms with E-state index < -0.39 is 0 Å². The summed E-state index contributed by atoms with van der Waals surface area (Å²) in [6, 6.07) is 11.7. The number of amides is 1. The molecule has 0 spiro atoms. The van der Waals surface area contributed by atoms with Gasteiger partial charge in [-0.2, -0.15) is 0 Å². The highest BCUT2D eigenvalue weighted by molar-refractivity contribution is 5.95. The summed E-state index contributed by atoms with van der Waals surface area (Å²) in [4.78, 5) is 12.2. The van der Waals surface area contributed by atoms with Crippen LogP contribution in [0.15, 0.2) is 42.5 Å². The zero-order valence-electron chi connectivity index (χ0n) is 11.9. The van der Waals surface area contributed by atoms with Crippen molar-refractivity contribution in [2.45, 2.75) is 26.8 Å². The molecule has 0 aliphatic rings. The van der Waals surface area contributed by atoms with Crippen LogP contribution in [0.1, 0.15) is 40.0 Å². The molecular formula is C17H18FNO. The van der Waals surface area contributed by atoms with Gasteiger partial charge in [-0.3, -0.25) is 4.79 Å². The third-order valence-electron chi connectivity index (χ3n) is 3.34. The van der Waals surface area contributed by atoms with Gasteiger partial charge in [0.05, 0.1) is 6.04 Å². The van der Waals surface area contributed by atoms with Crippen LogP contribution in [-0.4, -0.2) is 5.91 Å². The molecule has 104 valence electrons. The van der Waals surface area contributed by atoms with Gasteiger partial charge in [0, 0.05) is 5.56 Å². The highest BCUT2D eigenvalue weighted by Gasteiger charge is 2.13. The second-order valence-corrected chi connectivity index (χ2v) is 5.07. The van der Waals surface area contributed by atoms with E-state index in [-0.39, 0.29) is 17.8 Å². The number of hydrogen-bond donors (Lipinski definition) is 1. The summed E-state index contributed by atoms with van der Waals surface area (Å²) in [6.07, 6.45) is 0. The zero-order valence-corrected chi connectivity index (χ0v) is 11.9. The maximum atomic E-state index is 12.9. The maximum Gasteiger partial charge on any atom is 0.252 e. The van der Waals surface area contributed by atoms with E-state index in [0.29, 0.717) is 5.56 Å². The van der Waals surface area contributed by atoms with Gasteiger partial charge in [0.15, 0.2) is 0 Å². The van der Waals surface area contributed by atoms with Crippen LogP contribution in [0.5, 0.6) is 0 Å². The van der Waals surface area contributed by atoms with Gasteiger partial charge in [0.1, 0.15) is 5.82 Å². The Kier molecular flexibility index (Phi) is 4.18. The minimum atomic E-state index is -0.276. The molecule has 2 aromatic rings. The second kappa shape index (κ2) is 5.87. The molecule has 0 saturated carbocycles. The highest BCUT2D eigenvalue weighted by Crippen LogP contribution is 2.15. The van der Waals surface area contributed by atoms with Crippen molar-refractivity contribution in [1.82, 2.24) is 5.32 Å². The largest absolute Gasteiger partial charge is 0.346 e. The summed E-state index contributed by atoms with van der Waals surface area (Å²) in [5.74, 6) is -0.388. The van der Waals surface area contributed by atoms with Crippen molar-refractivity contribution in [2.75, 3.05) is 0 Å². The summed E-state index contributed by atoms with van der Waals surface area (Å²) in [7, 11) is 0. The van der Waals surface area contributed by atoms with Gasteiger partial charge in [0.25, 0.3) is 5.91 Å². The Morgan fingerprint density at radius 2 is 1.75 bits per heavy atom. The lowest BCUT2D eigenvalue weighted by Gasteiger charge is -2.15. The molecule has 1 amide bonds. The number of benzene rings is 2. The summed E-state index contributed by atoms with van der Waals surface area (Å²) < 4.78 is 12.9. The van der Waals surface area contributed by atoms with Crippen LogP contribution in [-0.2, 0) is 0 Å². The molecule has 2 rings (SSSR count). The second-order valence-electron chi connectivity index (χ2n) is 5.07. The van der Waals surface area contributed by atoms with E-state index in [9.17, 15) is 9.18 Å². The van der Waals surface area contributed by atoms with Gasteiger partial charge >= 0.3 is 0 Å². The average Bonchev–Trinajstić information content (AvgIpc) is 2.39. The Hall–Kier alpha value is -2.16. The number of aryl methyl sites for hydroxylation is 2. The predicted octanol–water partition coefficient (Wildman–Crippen LogP) is 3.93. The molecule has 0 aromatic heterocycles. The van der Waals surface area contributed by atoms with E-state index in [2.05, 4.69) is 5.32 Å². The zero-order chi connectivity index (χ0) is 14.7. The fourth-order valence-electron chi connectivity index (χ4n) is 2.18. The Balaban J connectivity index is 2.13. The summed E-state index contributed by atoms with van der Waals surface area (Å²) in [5.41, 5.74) is 3.63. The molecule has 0 bridgehead atoms. The molecule has 0 heterocycles. The molecule has 0 aliphatic heterocycles. The molecule has 3 heteroatoms. The summed E-state index contributed by atoms with van der Waals surface area (Å²) >= 11 is 0. The number of nitrogens with one attached hydrogen (secondary N) is 1. The van der Waals surface area contributed by atoms with Gasteiger partial charge < -0.3 is 5.32 Å². The van der Waals surface area contributed by atoms with Crippen LogP contribution in [0.2, 0.25) is 0 Å². The summed E-state index contributed by atoms with van der Waals surface area (Å²) in [6.45, 7) is 5.80. The molecular weight excluding hydrogens is 253 g/mol. The quantitative estimate of drug-likeness (QED) is 0.900. The van der Waals surface area contributed by atoms with E-state index in [0.717, 1.165) is 16.7 Å². The summed E-state index contributed by atoms with van der Waals surface area (Å²) in [5, 5.41) is 2.93. The van der Waals surface area contributed by atoms with Crippen molar-refractivity contribution >= 4 is 5.91 Å². The van der Waals surface area contributed by atoms with Gasteiger partial charge in [-0.1, -0.05) is 29.8 Å². The fraction of sp³-hybridized carbons (Fsp3) is 0.235. The van der Waals surface area contributed by atoms with Crippen LogP contribution < -0.4 is 5.32 Å². The molecule has 0 unspecified atom stereocenters. The Morgan fingerprint density at radius 3 is 2.35 bits per heavy atom.